The molecule has 4 heterocycles. The highest BCUT2D eigenvalue weighted by atomic mass is 16.5. The van der Waals surface area contributed by atoms with Gasteiger partial charge in [0, 0.05) is 50.5 Å². The Kier molecular flexibility index (Phi) is 13.5. The summed E-state index contributed by atoms with van der Waals surface area (Å²) in [5.41, 5.74) is 6.43. The van der Waals surface area contributed by atoms with Crippen LogP contribution in [0, 0.1) is 0 Å². The Hall–Kier alpha value is -7.67. The number of nitrogens with one attached hydrogen (secondary N) is 4. The normalized spacial score (nSPS) is 18.8. The summed E-state index contributed by atoms with van der Waals surface area (Å²) in [6, 6.07) is 33.4. The summed E-state index contributed by atoms with van der Waals surface area (Å²) in [4.78, 5) is 77.1. The highest BCUT2D eigenvalue weighted by Gasteiger charge is 2.32. The van der Waals surface area contributed by atoms with Crippen LogP contribution in [0.15, 0.2) is 152 Å². The quantitative estimate of drug-likeness (QED) is 0.131. The predicted molar refractivity (Wildman–Crippen MR) is 228 cm³/mol. The molecule has 4 atom stereocenters. The third-order valence-electron chi connectivity index (χ3n) is 10.3. The molecule has 0 fully saturated rings. The molecular formula is C48H44N6O7. The van der Waals surface area contributed by atoms with Gasteiger partial charge in [-0.3, -0.25) is 29.1 Å². The molecule has 13 nitrogen and oxygen atoms in total. The van der Waals surface area contributed by atoms with Crippen LogP contribution in [0.4, 0.5) is 0 Å². The van der Waals surface area contributed by atoms with Gasteiger partial charge in [-0.05, 0) is 74.8 Å². The maximum Gasteiger partial charge on any atom is 0.326 e. The number of carbonyl (C=O) groups is 5. The number of fused-ring (bicyclic) bond motifs is 16. The first-order valence-electron chi connectivity index (χ1n) is 19.8. The zero-order chi connectivity index (χ0) is 42.6. The Morgan fingerprint density at radius 1 is 0.541 bits per heavy atom. The van der Waals surface area contributed by atoms with Gasteiger partial charge in [-0.2, -0.15) is 0 Å². The fourth-order valence-corrected chi connectivity index (χ4v) is 7.04. The molecule has 4 aromatic carbocycles. The van der Waals surface area contributed by atoms with Crippen LogP contribution >= 0.6 is 0 Å². The summed E-state index contributed by atoms with van der Waals surface area (Å²) in [6.07, 6.45) is 6.59. The number of ether oxygens (including phenoxy) is 1. The molecule has 4 amide bonds. The van der Waals surface area contributed by atoms with E-state index in [0.29, 0.717) is 28.0 Å². The molecular weight excluding hydrogens is 773 g/mol. The SMILES string of the molecule is O=C1COc2ccc(cc2)C[C@@H](C(=O)O)NC(=O)[C@H](Cc2ccc(-c3cccnc3)cc2)NC(=O)[C@@H](Cc2ccc(-c3ccccc3)cc2)NC(=O)[C@H](Cc2ccncc2)N1. The number of carboxylic acids is 1. The maximum absolute atomic E-state index is 14.6. The predicted octanol–water partition coefficient (Wildman–Crippen LogP) is 4.50. The topological polar surface area (TPSA) is 189 Å². The highest BCUT2D eigenvalue weighted by Crippen LogP contribution is 2.22. The molecule has 308 valence electrons. The molecule has 0 saturated carbocycles. The summed E-state index contributed by atoms with van der Waals surface area (Å²) in [6.45, 7) is -0.421. The van der Waals surface area contributed by atoms with Crippen molar-refractivity contribution in [1.29, 1.82) is 0 Å². The minimum Gasteiger partial charge on any atom is -0.484 e. The molecule has 5 N–H and O–H groups in total. The number of aliphatic carboxylic acids is 1. The molecule has 0 unspecified atom stereocenters. The van der Waals surface area contributed by atoms with Crippen molar-refractivity contribution in [2.45, 2.75) is 49.9 Å². The third-order valence-corrected chi connectivity index (χ3v) is 10.3. The monoisotopic (exact) mass is 816 g/mol. The van der Waals surface area contributed by atoms with E-state index in [2.05, 4.69) is 31.2 Å². The number of rotatable bonds is 9. The number of hydrogen-bond acceptors (Lipinski definition) is 8. The molecule has 8 rings (SSSR count). The lowest BCUT2D eigenvalue weighted by molar-refractivity contribution is -0.142. The van der Waals surface area contributed by atoms with E-state index in [9.17, 15) is 29.1 Å². The first kappa shape index (κ1) is 41.5. The molecule has 2 aliphatic heterocycles. The molecule has 2 aliphatic rings. The number of carboxylic acid groups (broad SMARTS) is 1. The van der Waals surface area contributed by atoms with E-state index in [1.54, 1.807) is 61.2 Å². The standard InChI is InChI=1S/C48H44N6O7/c55-44-30-61-39-18-12-33(13-19-39)28-43(48(59)60)54-47(58)42(26-32-10-16-37(17-11-32)38-7-4-22-50-29-38)53-46(57)41(52-45(56)40(51-44)27-34-20-23-49-24-21-34)25-31-8-14-36(15-9-31)35-5-2-1-3-6-35/h1-24,29,40-43H,25-28,30H2,(H,51,55)(H,52,56)(H,53,57)(H,54,58)(H,59,60)/t40-,41+,42-,43-/m0/s1. The van der Waals surface area contributed by atoms with Crippen molar-refractivity contribution < 1.29 is 33.8 Å². The van der Waals surface area contributed by atoms with Gasteiger partial charge in [-0.15, -0.1) is 0 Å². The summed E-state index contributed by atoms with van der Waals surface area (Å²) in [5.74, 6) is -3.58. The fraction of sp³-hybridized carbons (Fsp3) is 0.188. The van der Waals surface area contributed by atoms with Crippen molar-refractivity contribution in [3.8, 4) is 28.0 Å². The van der Waals surface area contributed by atoms with Gasteiger partial charge in [0.2, 0.25) is 17.7 Å². The lowest BCUT2D eigenvalue weighted by Gasteiger charge is -2.26. The molecule has 6 aromatic rings. The largest absolute Gasteiger partial charge is 0.484 e. The van der Waals surface area contributed by atoms with Gasteiger partial charge in [0.25, 0.3) is 5.91 Å². The van der Waals surface area contributed by atoms with Crippen LogP contribution in [0.25, 0.3) is 22.3 Å². The average molecular weight is 817 g/mol. The molecule has 2 aromatic heterocycles. The Morgan fingerprint density at radius 2 is 1.05 bits per heavy atom. The Labute approximate surface area is 352 Å². The van der Waals surface area contributed by atoms with Crippen molar-refractivity contribution in [1.82, 2.24) is 31.2 Å². The van der Waals surface area contributed by atoms with Crippen LogP contribution in [0.3, 0.4) is 0 Å². The summed E-state index contributed by atoms with van der Waals surface area (Å²) in [7, 11) is 0. The van der Waals surface area contributed by atoms with Gasteiger partial charge >= 0.3 is 5.97 Å². The molecule has 0 spiro atoms. The molecule has 0 radical (unpaired) electrons. The van der Waals surface area contributed by atoms with Crippen molar-refractivity contribution in [3.05, 3.63) is 174 Å². The van der Waals surface area contributed by atoms with E-state index in [4.69, 9.17) is 4.74 Å². The molecule has 0 aliphatic carbocycles. The lowest BCUT2D eigenvalue weighted by Crippen LogP contribution is -2.59. The zero-order valence-electron chi connectivity index (χ0n) is 33.1. The number of pyridine rings is 2. The van der Waals surface area contributed by atoms with Gasteiger partial charge in [0.15, 0.2) is 6.61 Å². The van der Waals surface area contributed by atoms with Crippen LogP contribution in [-0.4, -0.2) is 75.4 Å². The highest BCUT2D eigenvalue weighted by molar-refractivity contribution is 5.95. The van der Waals surface area contributed by atoms with Crippen LogP contribution in [0.5, 0.6) is 5.75 Å². The van der Waals surface area contributed by atoms with E-state index in [1.807, 2.05) is 91.0 Å². The van der Waals surface area contributed by atoms with Gasteiger partial charge in [-0.25, -0.2) is 4.79 Å². The van der Waals surface area contributed by atoms with Crippen LogP contribution < -0.4 is 26.0 Å². The minimum atomic E-state index is -1.35. The first-order valence-corrected chi connectivity index (χ1v) is 19.8. The van der Waals surface area contributed by atoms with E-state index in [-0.39, 0.29) is 25.7 Å². The Bertz CT molecular complexity index is 2430. The number of amides is 4. The Balaban J connectivity index is 1.23. The smallest absolute Gasteiger partial charge is 0.326 e. The first-order chi connectivity index (χ1) is 29.7. The van der Waals surface area contributed by atoms with E-state index < -0.39 is 60.4 Å². The second-order valence-corrected chi connectivity index (χ2v) is 14.7. The number of aromatic nitrogens is 2. The van der Waals surface area contributed by atoms with Crippen molar-refractivity contribution in [2.24, 2.45) is 0 Å². The molecule has 0 saturated heterocycles. The van der Waals surface area contributed by atoms with Gasteiger partial charge in [-0.1, -0.05) is 97.1 Å². The van der Waals surface area contributed by atoms with Crippen molar-refractivity contribution >= 4 is 29.6 Å². The minimum absolute atomic E-state index is 0.00354. The molecule has 61 heavy (non-hydrogen) atoms. The number of carbonyl (C=O) groups excluding carboxylic acids is 4. The van der Waals surface area contributed by atoms with Crippen molar-refractivity contribution in [3.63, 3.8) is 0 Å². The zero-order valence-corrected chi connectivity index (χ0v) is 33.1. The van der Waals surface area contributed by atoms with Gasteiger partial charge in [0.05, 0.1) is 0 Å². The van der Waals surface area contributed by atoms with Crippen LogP contribution in [-0.2, 0) is 49.7 Å². The van der Waals surface area contributed by atoms with E-state index in [0.717, 1.165) is 22.3 Å². The average Bonchev–Trinajstić information content (AvgIpc) is 3.29. The number of hydrogen-bond donors (Lipinski definition) is 5. The Morgan fingerprint density at radius 3 is 1.61 bits per heavy atom. The fourth-order valence-electron chi connectivity index (χ4n) is 7.04. The van der Waals surface area contributed by atoms with Gasteiger partial charge in [0.1, 0.15) is 29.9 Å². The van der Waals surface area contributed by atoms with Crippen molar-refractivity contribution in [2.75, 3.05) is 6.61 Å². The van der Waals surface area contributed by atoms with E-state index >= 15 is 0 Å². The third kappa shape index (κ3) is 11.5. The summed E-state index contributed by atoms with van der Waals surface area (Å²) >= 11 is 0. The lowest BCUT2D eigenvalue weighted by atomic mass is 9.98. The second kappa shape index (κ2) is 19.9. The summed E-state index contributed by atoms with van der Waals surface area (Å²) < 4.78 is 5.72. The van der Waals surface area contributed by atoms with Crippen LogP contribution in [0.1, 0.15) is 22.3 Å². The van der Waals surface area contributed by atoms with E-state index in [1.165, 1.54) is 0 Å². The second-order valence-electron chi connectivity index (χ2n) is 14.7. The number of nitrogens with zero attached hydrogens (tertiary/aromatic N) is 2. The maximum atomic E-state index is 14.6. The van der Waals surface area contributed by atoms with Crippen LogP contribution in [0.2, 0.25) is 0 Å². The summed E-state index contributed by atoms with van der Waals surface area (Å²) in [5, 5.41) is 21.3. The number of benzene rings is 4. The molecule has 13 heteroatoms. The van der Waals surface area contributed by atoms with Gasteiger partial charge < -0.3 is 31.1 Å². The molecule has 2 bridgehead atoms.